The molecule has 0 unspecified atom stereocenters. The van der Waals surface area contributed by atoms with Crippen molar-refractivity contribution < 1.29 is 0 Å². The third-order valence-corrected chi connectivity index (χ3v) is 3.44. The Morgan fingerprint density at radius 3 is 2.62 bits per heavy atom. The van der Waals surface area contributed by atoms with E-state index in [1.807, 2.05) is 6.07 Å². The number of fused-ring (bicyclic) bond motifs is 1. The highest BCUT2D eigenvalue weighted by molar-refractivity contribution is 6.36. The van der Waals surface area contributed by atoms with Crippen molar-refractivity contribution in [2.24, 2.45) is 0 Å². The first-order valence-electron chi connectivity index (χ1n) is 5.99. The summed E-state index contributed by atoms with van der Waals surface area (Å²) in [5.74, 6) is 0. The number of rotatable bonds is 4. The third kappa shape index (κ3) is 2.38. The van der Waals surface area contributed by atoms with E-state index in [0.29, 0.717) is 0 Å². The lowest BCUT2D eigenvalue weighted by Crippen LogP contribution is -1.88. The van der Waals surface area contributed by atoms with Crippen LogP contribution in [0.1, 0.15) is 31.7 Å². The van der Waals surface area contributed by atoms with Crippen molar-refractivity contribution in [2.45, 2.75) is 32.6 Å². The summed E-state index contributed by atoms with van der Waals surface area (Å²) in [5, 5.41) is 3.35. The van der Waals surface area contributed by atoms with E-state index in [1.54, 1.807) is 0 Å². The van der Waals surface area contributed by atoms with Crippen molar-refractivity contribution >= 4 is 22.4 Å². The molecule has 0 amide bonds. The van der Waals surface area contributed by atoms with E-state index in [0.717, 1.165) is 11.4 Å². The van der Waals surface area contributed by atoms with Crippen molar-refractivity contribution in [2.75, 3.05) is 0 Å². The average Bonchev–Trinajstić information content (AvgIpc) is 2.33. The summed E-state index contributed by atoms with van der Waals surface area (Å²) in [6.07, 6.45) is 4.86. The second-order valence-electron chi connectivity index (χ2n) is 4.22. The minimum Gasteiger partial charge on any atom is -0.0834 e. The summed E-state index contributed by atoms with van der Waals surface area (Å²) in [6, 6.07) is 12.6. The summed E-state index contributed by atoms with van der Waals surface area (Å²) < 4.78 is 0. The lowest BCUT2D eigenvalue weighted by Gasteiger charge is -2.07. The largest absolute Gasteiger partial charge is 0.0834 e. The Kier molecular flexibility index (Phi) is 3.84. The van der Waals surface area contributed by atoms with Gasteiger partial charge in [0.2, 0.25) is 0 Å². The molecule has 0 aromatic heterocycles. The van der Waals surface area contributed by atoms with Crippen LogP contribution in [0.4, 0.5) is 0 Å². The summed E-state index contributed by atoms with van der Waals surface area (Å²) in [6.45, 7) is 2.22. The van der Waals surface area contributed by atoms with Gasteiger partial charge in [0.15, 0.2) is 0 Å². The number of benzene rings is 2. The fraction of sp³-hybridized carbons (Fsp3) is 0.333. The standard InChI is InChI=1S/C15H17Cl/c1-2-3-4-8-13-11-10-12-7-5-6-9-14(12)15(13)16/h5-7,9-11H,2-4,8H2,1H3. The SMILES string of the molecule is CCCCCc1ccc2ccccc2c1Cl. The fourth-order valence-electron chi connectivity index (χ4n) is 2.04. The van der Waals surface area contributed by atoms with Gasteiger partial charge >= 0.3 is 0 Å². The molecule has 0 saturated carbocycles. The number of unbranched alkanes of at least 4 members (excludes halogenated alkanes) is 2. The van der Waals surface area contributed by atoms with E-state index in [-0.39, 0.29) is 0 Å². The molecule has 0 nitrogen and oxygen atoms in total. The first-order chi connectivity index (χ1) is 7.83. The molecule has 0 heterocycles. The van der Waals surface area contributed by atoms with Crippen LogP contribution in [-0.4, -0.2) is 0 Å². The zero-order valence-electron chi connectivity index (χ0n) is 9.67. The highest BCUT2D eigenvalue weighted by Crippen LogP contribution is 2.28. The molecule has 0 aliphatic carbocycles. The van der Waals surface area contributed by atoms with Gasteiger partial charge in [-0.15, -0.1) is 0 Å². The van der Waals surface area contributed by atoms with Crippen LogP contribution in [-0.2, 0) is 6.42 Å². The Labute approximate surface area is 102 Å². The Morgan fingerprint density at radius 1 is 1.00 bits per heavy atom. The molecule has 0 N–H and O–H groups in total. The van der Waals surface area contributed by atoms with Crippen LogP contribution >= 0.6 is 11.6 Å². The van der Waals surface area contributed by atoms with Crippen molar-refractivity contribution in [3.8, 4) is 0 Å². The molecule has 0 aliphatic heterocycles. The van der Waals surface area contributed by atoms with Gasteiger partial charge in [-0.25, -0.2) is 0 Å². The molecular weight excluding hydrogens is 216 g/mol. The number of halogens is 1. The second kappa shape index (κ2) is 5.36. The van der Waals surface area contributed by atoms with E-state index < -0.39 is 0 Å². The van der Waals surface area contributed by atoms with E-state index >= 15 is 0 Å². The Bertz CT molecular complexity index is 474. The fourth-order valence-corrected chi connectivity index (χ4v) is 2.37. The molecule has 0 bridgehead atoms. The van der Waals surface area contributed by atoms with Gasteiger partial charge in [0, 0.05) is 5.39 Å². The monoisotopic (exact) mass is 232 g/mol. The van der Waals surface area contributed by atoms with Crippen LogP contribution < -0.4 is 0 Å². The maximum atomic E-state index is 6.42. The zero-order chi connectivity index (χ0) is 11.4. The average molecular weight is 233 g/mol. The first-order valence-corrected chi connectivity index (χ1v) is 6.37. The molecule has 16 heavy (non-hydrogen) atoms. The van der Waals surface area contributed by atoms with Gasteiger partial charge in [-0.2, -0.15) is 0 Å². The van der Waals surface area contributed by atoms with Crippen molar-refractivity contribution in [3.63, 3.8) is 0 Å². The molecule has 2 aromatic carbocycles. The number of hydrogen-bond acceptors (Lipinski definition) is 0. The topological polar surface area (TPSA) is 0 Å². The molecule has 1 heteroatoms. The normalized spacial score (nSPS) is 10.9. The van der Waals surface area contributed by atoms with Crippen LogP contribution in [0.15, 0.2) is 36.4 Å². The Morgan fingerprint density at radius 2 is 1.81 bits per heavy atom. The predicted octanol–water partition coefficient (Wildman–Crippen LogP) is 5.23. The van der Waals surface area contributed by atoms with Gasteiger partial charge in [0.05, 0.1) is 5.02 Å². The second-order valence-corrected chi connectivity index (χ2v) is 4.59. The van der Waals surface area contributed by atoms with Crippen molar-refractivity contribution in [1.82, 2.24) is 0 Å². The molecule has 0 aliphatic rings. The molecule has 84 valence electrons. The third-order valence-electron chi connectivity index (χ3n) is 2.99. The van der Waals surface area contributed by atoms with E-state index in [9.17, 15) is 0 Å². The highest BCUT2D eigenvalue weighted by Gasteiger charge is 2.04. The molecular formula is C15H17Cl. The molecule has 0 saturated heterocycles. The minimum absolute atomic E-state index is 0.939. The van der Waals surface area contributed by atoms with E-state index in [2.05, 4.69) is 37.3 Å². The van der Waals surface area contributed by atoms with Gasteiger partial charge in [0.1, 0.15) is 0 Å². The molecule has 2 aromatic rings. The van der Waals surface area contributed by atoms with E-state index in [1.165, 1.54) is 35.6 Å². The predicted molar refractivity (Wildman–Crippen MR) is 72.2 cm³/mol. The first kappa shape index (κ1) is 11.5. The van der Waals surface area contributed by atoms with Gasteiger partial charge in [-0.05, 0) is 23.8 Å². The summed E-state index contributed by atoms with van der Waals surface area (Å²) >= 11 is 6.42. The zero-order valence-corrected chi connectivity index (χ0v) is 10.4. The van der Waals surface area contributed by atoms with Crippen molar-refractivity contribution in [1.29, 1.82) is 0 Å². The maximum Gasteiger partial charge on any atom is 0.0516 e. The quantitative estimate of drug-likeness (QED) is 0.634. The highest BCUT2D eigenvalue weighted by atomic mass is 35.5. The van der Waals surface area contributed by atoms with Crippen molar-refractivity contribution in [3.05, 3.63) is 47.0 Å². The maximum absolute atomic E-state index is 6.42. The molecule has 0 atom stereocenters. The van der Waals surface area contributed by atoms with Gasteiger partial charge in [-0.3, -0.25) is 0 Å². The lowest BCUT2D eigenvalue weighted by molar-refractivity contribution is 0.718. The minimum atomic E-state index is 0.939. The summed E-state index contributed by atoms with van der Waals surface area (Å²) in [4.78, 5) is 0. The van der Waals surface area contributed by atoms with Gasteiger partial charge < -0.3 is 0 Å². The molecule has 0 fully saturated rings. The molecule has 2 rings (SSSR count). The van der Waals surface area contributed by atoms with E-state index in [4.69, 9.17) is 11.6 Å². The number of aryl methyl sites for hydroxylation is 1. The molecule has 0 spiro atoms. The summed E-state index contributed by atoms with van der Waals surface area (Å²) in [5.41, 5.74) is 1.29. The van der Waals surface area contributed by atoms with Crippen LogP contribution in [0.5, 0.6) is 0 Å². The van der Waals surface area contributed by atoms with Gasteiger partial charge in [-0.1, -0.05) is 67.8 Å². The Balaban J connectivity index is 2.29. The Hall–Kier alpha value is -1.01. The summed E-state index contributed by atoms with van der Waals surface area (Å²) in [7, 11) is 0. The van der Waals surface area contributed by atoms with Gasteiger partial charge in [0.25, 0.3) is 0 Å². The number of hydrogen-bond donors (Lipinski definition) is 0. The molecule has 0 radical (unpaired) electrons. The van der Waals surface area contributed by atoms with Crippen LogP contribution in [0, 0.1) is 0 Å². The lowest BCUT2D eigenvalue weighted by atomic mass is 10.0. The van der Waals surface area contributed by atoms with Crippen LogP contribution in [0.2, 0.25) is 5.02 Å². The van der Waals surface area contributed by atoms with Crippen LogP contribution in [0.3, 0.4) is 0 Å². The smallest absolute Gasteiger partial charge is 0.0516 e. The van der Waals surface area contributed by atoms with Crippen LogP contribution in [0.25, 0.3) is 10.8 Å².